The molecule has 0 aromatic heterocycles. The summed E-state index contributed by atoms with van der Waals surface area (Å²) in [5.74, 6) is 0. The Morgan fingerprint density at radius 2 is 0.800 bits per heavy atom. The van der Waals surface area contributed by atoms with Crippen molar-refractivity contribution < 1.29 is 87.9 Å². The molecule has 6 nitrogen and oxygen atoms in total. The zero-order valence-corrected chi connectivity index (χ0v) is 8.83. The minimum absolute atomic E-state index is 0. The van der Waals surface area contributed by atoms with E-state index in [1.807, 2.05) is 0 Å². The Kier molecular flexibility index (Phi) is 38.1. The molecule has 0 heterocycles. The predicted octanol–water partition coefficient (Wildman–Crippen LogP) is -5.00. The molecular formula is Cr2FeMnO6. The van der Waals surface area contributed by atoms with Gasteiger partial charge < -0.3 is 0 Å². The van der Waals surface area contributed by atoms with Crippen molar-refractivity contribution in [3.63, 3.8) is 0 Å². The molecule has 0 aromatic carbocycles. The third-order valence-electron chi connectivity index (χ3n) is 0. The Hall–Kier alpha value is 1.54. The normalized spacial score (nSPS) is 7.00. The first-order chi connectivity index (χ1) is 3.46. The van der Waals surface area contributed by atoms with Crippen LogP contribution in [0.15, 0.2) is 0 Å². The van der Waals surface area contributed by atoms with Gasteiger partial charge in [0.15, 0.2) is 0 Å². The van der Waals surface area contributed by atoms with E-state index in [-0.39, 0.29) is 34.1 Å². The maximum absolute atomic E-state index is 8.54. The molecule has 63 valence electrons. The first kappa shape index (κ1) is 22.6. The van der Waals surface area contributed by atoms with Crippen molar-refractivity contribution in [2.45, 2.75) is 0 Å². The van der Waals surface area contributed by atoms with Crippen molar-refractivity contribution in [2.24, 2.45) is 0 Å². The molecule has 0 amide bonds. The van der Waals surface area contributed by atoms with Crippen molar-refractivity contribution >= 4 is 0 Å². The van der Waals surface area contributed by atoms with Crippen LogP contribution < -0.4 is 16.6 Å². The zero-order valence-electron chi connectivity index (χ0n) is 4.00. The summed E-state index contributed by atoms with van der Waals surface area (Å²) >= 11 is -7.58. The summed E-state index contributed by atoms with van der Waals surface area (Å²) in [6.07, 6.45) is 0. The maximum atomic E-state index is 8.54. The van der Waals surface area contributed by atoms with Gasteiger partial charge >= 0.3 is 87.9 Å². The van der Waals surface area contributed by atoms with Crippen molar-refractivity contribution in [3.05, 3.63) is 0 Å². The summed E-state index contributed by atoms with van der Waals surface area (Å²) in [6.45, 7) is 0. The Morgan fingerprint density at radius 1 is 0.800 bits per heavy atom. The van der Waals surface area contributed by atoms with Gasteiger partial charge in [0.1, 0.15) is 0 Å². The van der Waals surface area contributed by atoms with Gasteiger partial charge in [-0.05, 0) is 0 Å². The van der Waals surface area contributed by atoms with Gasteiger partial charge in [0.2, 0.25) is 0 Å². The Morgan fingerprint density at radius 3 is 0.800 bits per heavy atom. The third kappa shape index (κ3) is 292. The van der Waals surface area contributed by atoms with Crippen LogP contribution in [-0.4, -0.2) is 0 Å². The van der Waals surface area contributed by atoms with Gasteiger partial charge in [-0.1, -0.05) is 0 Å². The molecule has 0 bridgehead atoms. The molecule has 0 rings (SSSR count). The summed E-state index contributed by atoms with van der Waals surface area (Å²) in [5, 5.41) is 0. The first-order valence-corrected chi connectivity index (χ1v) is 4.12. The molecule has 0 aromatic rings. The molecule has 10 heavy (non-hydrogen) atoms. The van der Waals surface area contributed by atoms with E-state index in [1.54, 1.807) is 0 Å². The third-order valence-corrected chi connectivity index (χ3v) is 0. The van der Waals surface area contributed by atoms with Crippen LogP contribution in [0.2, 0.25) is 0 Å². The number of rotatable bonds is 0. The van der Waals surface area contributed by atoms with Gasteiger partial charge in [0, 0.05) is 0 Å². The second kappa shape index (κ2) is 16.9. The standard InChI is InChI=1S/2Cr.Fe.Mn.6O/q;;2*+2;;;4*-1. The summed E-state index contributed by atoms with van der Waals surface area (Å²) < 4.78 is 51.2. The van der Waals surface area contributed by atoms with Gasteiger partial charge in [0.05, 0.1) is 0 Å². The van der Waals surface area contributed by atoms with E-state index < -0.39 is 29.5 Å². The Labute approximate surface area is 87.4 Å². The van der Waals surface area contributed by atoms with Gasteiger partial charge in [0.25, 0.3) is 0 Å². The van der Waals surface area contributed by atoms with Crippen LogP contribution in [0, 0.1) is 0 Å². The number of hydrogen-bond donors (Lipinski definition) is 0. The van der Waals surface area contributed by atoms with Crippen LogP contribution in [0.25, 0.3) is 0 Å². The van der Waals surface area contributed by atoms with E-state index in [2.05, 4.69) is 0 Å². The topological polar surface area (TPSA) is 126 Å². The van der Waals surface area contributed by atoms with Crippen LogP contribution in [-0.2, 0) is 71.2 Å². The fourth-order valence-corrected chi connectivity index (χ4v) is 0. The molecule has 0 aliphatic carbocycles. The summed E-state index contributed by atoms with van der Waals surface area (Å²) in [5.41, 5.74) is 0. The van der Waals surface area contributed by atoms with E-state index in [4.69, 9.17) is 24.2 Å². The molecule has 0 spiro atoms. The fraction of sp³-hybridized carbons (Fsp3) is 0. The second-order valence-corrected chi connectivity index (χ2v) is 1.68. The molecule has 0 saturated carbocycles. The van der Waals surface area contributed by atoms with E-state index in [9.17, 15) is 0 Å². The van der Waals surface area contributed by atoms with E-state index in [1.165, 1.54) is 0 Å². The van der Waals surface area contributed by atoms with Gasteiger partial charge in [-0.15, -0.1) is 0 Å². The van der Waals surface area contributed by atoms with Gasteiger partial charge in [-0.2, -0.15) is 0 Å². The number of hydrogen-bond acceptors (Lipinski definition) is 6. The monoisotopic (exact) mass is 311 g/mol. The molecular weight excluding hydrogens is 311 g/mol. The summed E-state index contributed by atoms with van der Waals surface area (Å²) in [7, 11) is 0. The second-order valence-electron chi connectivity index (χ2n) is 0.408. The molecule has 0 saturated heterocycles. The van der Waals surface area contributed by atoms with Gasteiger partial charge in [-0.3, -0.25) is 0 Å². The molecule has 10 heteroatoms. The van der Waals surface area contributed by atoms with E-state index in [0.717, 1.165) is 0 Å². The summed E-state index contributed by atoms with van der Waals surface area (Å²) in [6, 6.07) is 0. The fourth-order valence-electron chi connectivity index (χ4n) is 0. The van der Waals surface area contributed by atoms with Crippen molar-refractivity contribution in [3.8, 4) is 0 Å². The average Bonchev–Trinajstić information content (AvgIpc) is 1.25. The van der Waals surface area contributed by atoms with Crippen LogP contribution >= 0.6 is 0 Å². The average molecular weight is 311 g/mol. The van der Waals surface area contributed by atoms with Crippen molar-refractivity contribution in [1.29, 1.82) is 0 Å². The molecule has 0 unspecified atom stereocenters. The van der Waals surface area contributed by atoms with E-state index in [0.29, 0.717) is 0 Å². The van der Waals surface area contributed by atoms with Crippen molar-refractivity contribution in [1.82, 2.24) is 0 Å². The molecule has 0 aliphatic rings. The van der Waals surface area contributed by atoms with Crippen LogP contribution in [0.4, 0.5) is 0 Å². The molecule has 1 radical (unpaired) electrons. The molecule has 0 N–H and O–H groups in total. The van der Waals surface area contributed by atoms with Crippen LogP contribution in [0.1, 0.15) is 0 Å². The Balaban J connectivity index is -0.0000000300. The van der Waals surface area contributed by atoms with Crippen molar-refractivity contribution in [2.75, 3.05) is 0 Å². The van der Waals surface area contributed by atoms with E-state index >= 15 is 0 Å². The summed E-state index contributed by atoms with van der Waals surface area (Å²) in [4.78, 5) is 0. The Bertz CT molecular complexity index is 73.7. The van der Waals surface area contributed by atoms with Crippen LogP contribution in [0.5, 0.6) is 0 Å². The van der Waals surface area contributed by atoms with Gasteiger partial charge in [-0.25, -0.2) is 0 Å². The SMILES string of the molecule is [Fe+2].[Mn+2].[O]=[Cr]([O-])[O-].[O]=[Cr]([O-])[O-]. The molecule has 0 aliphatic heterocycles. The molecule has 0 atom stereocenters. The minimum atomic E-state index is -3.79. The first-order valence-electron chi connectivity index (χ1n) is 1.00. The molecule has 0 fully saturated rings. The van der Waals surface area contributed by atoms with Crippen LogP contribution in [0.3, 0.4) is 0 Å². The quantitative estimate of drug-likeness (QED) is 0.412. The zero-order chi connectivity index (χ0) is 7.15. The predicted molar refractivity (Wildman–Crippen MR) is 1.37 cm³/mol.